The number of amides is 1. The number of carbonyl (C=O) groups is 1. The van der Waals surface area contributed by atoms with E-state index in [4.69, 9.17) is 16.3 Å². The highest BCUT2D eigenvalue weighted by atomic mass is 35.5. The molecule has 1 N–H and O–H groups in total. The Bertz CT molecular complexity index is 655. The van der Waals surface area contributed by atoms with Gasteiger partial charge in [-0.05, 0) is 42.3 Å². The molecular weight excluding hydrogens is 276 g/mol. The Labute approximate surface area is 121 Å². The average Bonchev–Trinajstić information content (AvgIpc) is 2.84. The first kappa shape index (κ1) is 12.9. The van der Waals surface area contributed by atoms with Crippen LogP contribution in [0.5, 0.6) is 5.75 Å². The van der Waals surface area contributed by atoms with Crippen LogP contribution in [0, 0.1) is 6.92 Å². The van der Waals surface area contributed by atoms with E-state index in [1.165, 1.54) is 0 Å². The number of rotatable bonds is 2. The van der Waals surface area contributed by atoms with Gasteiger partial charge in [0.05, 0.1) is 0 Å². The maximum absolute atomic E-state index is 12.1. The third-order valence-electron chi connectivity index (χ3n) is 3.15. The molecule has 0 fully saturated rings. The van der Waals surface area contributed by atoms with Crippen LogP contribution in [-0.4, -0.2) is 17.0 Å². The lowest BCUT2D eigenvalue weighted by Crippen LogP contribution is -2.31. The van der Waals surface area contributed by atoms with Crippen molar-refractivity contribution in [3.8, 4) is 5.75 Å². The predicted molar refractivity (Wildman–Crippen MR) is 77.2 cm³/mol. The van der Waals surface area contributed by atoms with Gasteiger partial charge in [0.1, 0.15) is 11.6 Å². The van der Waals surface area contributed by atoms with Crippen LogP contribution in [-0.2, 0) is 11.2 Å². The largest absolute Gasteiger partial charge is 0.480 e. The van der Waals surface area contributed by atoms with Crippen LogP contribution in [0.25, 0.3) is 0 Å². The molecular formula is C15H13ClN2O2. The van der Waals surface area contributed by atoms with Gasteiger partial charge in [-0.15, -0.1) is 0 Å². The first-order valence-corrected chi connectivity index (χ1v) is 6.68. The van der Waals surface area contributed by atoms with Gasteiger partial charge in [-0.1, -0.05) is 17.7 Å². The summed E-state index contributed by atoms with van der Waals surface area (Å²) in [6, 6.07) is 9.03. The van der Waals surface area contributed by atoms with Crippen molar-refractivity contribution in [1.29, 1.82) is 0 Å². The molecule has 0 bridgehead atoms. The van der Waals surface area contributed by atoms with Crippen LogP contribution in [0.3, 0.4) is 0 Å². The molecule has 0 unspecified atom stereocenters. The topological polar surface area (TPSA) is 51.2 Å². The number of benzene rings is 1. The SMILES string of the molecule is Cc1ccc(NC(=O)[C@@H]2Cc3cc(Cl)ccc3O2)nc1. The second-order valence-electron chi connectivity index (χ2n) is 4.77. The van der Waals surface area contributed by atoms with E-state index in [0.29, 0.717) is 23.0 Å². The Balaban J connectivity index is 1.69. The fourth-order valence-corrected chi connectivity index (χ4v) is 2.31. The van der Waals surface area contributed by atoms with Crippen molar-refractivity contribution < 1.29 is 9.53 Å². The van der Waals surface area contributed by atoms with Crippen molar-refractivity contribution in [2.45, 2.75) is 19.4 Å². The highest BCUT2D eigenvalue weighted by Gasteiger charge is 2.29. The molecule has 0 radical (unpaired) electrons. The van der Waals surface area contributed by atoms with Crippen molar-refractivity contribution in [3.63, 3.8) is 0 Å². The molecule has 3 rings (SSSR count). The summed E-state index contributed by atoms with van der Waals surface area (Å²) < 4.78 is 5.62. The molecule has 20 heavy (non-hydrogen) atoms. The van der Waals surface area contributed by atoms with E-state index in [0.717, 1.165) is 11.1 Å². The van der Waals surface area contributed by atoms with Crippen LogP contribution in [0.2, 0.25) is 5.02 Å². The number of fused-ring (bicyclic) bond motifs is 1. The van der Waals surface area contributed by atoms with Gasteiger partial charge >= 0.3 is 0 Å². The summed E-state index contributed by atoms with van der Waals surface area (Å²) in [7, 11) is 0. The molecule has 0 aliphatic carbocycles. The number of hydrogen-bond donors (Lipinski definition) is 1. The molecule has 5 heteroatoms. The highest BCUT2D eigenvalue weighted by Crippen LogP contribution is 2.31. The van der Waals surface area contributed by atoms with E-state index >= 15 is 0 Å². The number of hydrogen-bond acceptors (Lipinski definition) is 3. The lowest BCUT2D eigenvalue weighted by Gasteiger charge is -2.10. The average molecular weight is 289 g/mol. The summed E-state index contributed by atoms with van der Waals surface area (Å²) in [4.78, 5) is 16.3. The summed E-state index contributed by atoms with van der Waals surface area (Å²) >= 11 is 5.93. The van der Waals surface area contributed by atoms with E-state index in [1.54, 1.807) is 24.4 Å². The number of anilines is 1. The Morgan fingerprint density at radius 1 is 1.40 bits per heavy atom. The zero-order valence-corrected chi connectivity index (χ0v) is 11.6. The molecule has 0 saturated heterocycles. The zero-order valence-electron chi connectivity index (χ0n) is 10.9. The normalized spacial score (nSPS) is 16.4. The molecule has 1 aliphatic heterocycles. The smallest absolute Gasteiger partial charge is 0.266 e. The molecule has 0 saturated carbocycles. The van der Waals surface area contributed by atoms with Crippen LogP contribution in [0.1, 0.15) is 11.1 Å². The quantitative estimate of drug-likeness (QED) is 0.924. The van der Waals surface area contributed by atoms with Gasteiger partial charge in [0.25, 0.3) is 5.91 Å². The maximum Gasteiger partial charge on any atom is 0.266 e. The van der Waals surface area contributed by atoms with Crippen molar-refractivity contribution in [2.75, 3.05) is 5.32 Å². The van der Waals surface area contributed by atoms with Gasteiger partial charge in [-0.25, -0.2) is 4.98 Å². The van der Waals surface area contributed by atoms with Crippen LogP contribution in [0.4, 0.5) is 5.82 Å². The van der Waals surface area contributed by atoms with E-state index in [9.17, 15) is 4.79 Å². The molecule has 1 aromatic carbocycles. The summed E-state index contributed by atoms with van der Waals surface area (Å²) in [5.74, 6) is 1.04. The summed E-state index contributed by atoms with van der Waals surface area (Å²) in [6.07, 6.45) is 1.69. The van der Waals surface area contributed by atoms with Crippen LogP contribution < -0.4 is 10.1 Å². The van der Waals surface area contributed by atoms with E-state index in [2.05, 4.69) is 10.3 Å². The highest BCUT2D eigenvalue weighted by molar-refractivity contribution is 6.30. The van der Waals surface area contributed by atoms with Crippen molar-refractivity contribution in [2.24, 2.45) is 0 Å². The van der Waals surface area contributed by atoms with E-state index in [-0.39, 0.29) is 5.91 Å². The first-order chi connectivity index (χ1) is 9.61. The number of carbonyl (C=O) groups excluding carboxylic acids is 1. The number of nitrogens with one attached hydrogen (secondary N) is 1. The Morgan fingerprint density at radius 3 is 3.00 bits per heavy atom. The second-order valence-corrected chi connectivity index (χ2v) is 5.21. The van der Waals surface area contributed by atoms with Gasteiger partial charge in [-0.3, -0.25) is 4.79 Å². The first-order valence-electron chi connectivity index (χ1n) is 6.30. The van der Waals surface area contributed by atoms with Crippen molar-refractivity contribution in [3.05, 3.63) is 52.7 Å². The number of ether oxygens (including phenoxy) is 1. The van der Waals surface area contributed by atoms with Crippen LogP contribution >= 0.6 is 11.6 Å². The lowest BCUT2D eigenvalue weighted by molar-refractivity contribution is -0.122. The van der Waals surface area contributed by atoms with E-state index in [1.807, 2.05) is 19.1 Å². The summed E-state index contributed by atoms with van der Waals surface area (Å²) in [6.45, 7) is 1.94. The molecule has 1 amide bonds. The molecule has 1 aliphatic rings. The Hall–Kier alpha value is -2.07. The number of nitrogens with zero attached hydrogens (tertiary/aromatic N) is 1. The standard InChI is InChI=1S/C15H13ClN2O2/c1-9-2-5-14(17-8-9)18-15(19)13-7-10-6-11(16)3-4-12(10)20-13/h2-6,8,13H,7H2,1H3,(H,17,18,19)/t13-/m0/s1. The van der Waals surface area contributed by atoms with E-state index < -0.39 is 6.10 Å². The van der Waals surface area contributed by atoms with Crippen LogP contribution in [0.15, 0.2) is 36.5 Å². The molecule has 102 valence electrons. The Morgan fingerprint density at radius 2 is 2.25 bits per heavy atom. The number of aryl methyl sites for hydroxylation is 1. The molecule has 2 heterocycles. The van der Waals surface area contributed by atoms with Gasteiger partial charge < -0.3 is 10.1 Å². The molecule has 0 spiro atoms. The number of pyridine rings is 1. The minimum Gasteiger partial charge on any atom is -0.480 e. The molecule has 1 aromatic heterocycles. The minimum absolute atomic E-state index is 0.200. The third-order valence-corrected chi connectivity index (χ3v) is 3.39. The molecule has 2 aromatic rings. The molecule has 4 nitrogen and oxygen atoms in total. The number of aromatic nitrogens is 1. The maximum atomic E-state index is 12.1. The lowest BCUT2D eigenvalue weighted by atomic mass is 10.1. The second kappa shape index (κ2) is 5.13. The third kappa shape index (κ3) is 2.60. The monoisotopic (exact) mass is 288 g/mol. The van der Waals surface area contributed by atoms with Gasteiger partial charge in [-0.2, -0.15) is 0 Å². The predicted octanol–water partition coefficient (Wildman–Crippen LogP) is 2.99. The van der Waals surface area contributed by atoms with Gasteiger partial charge in [0, 0.05) is 17.6 Å². The summed E-state index contributed by atoms with van der Waals surface area (Å²) in [5.41, 5.74) is 2.00. The minimum atomic E-state index is -0.536. The molecule has 1 atom stereocenters. The zero-order chi connectivity index (χ0) is 14.1. The fraction of sp³-hybridized carbons (Fsp3) is 0.200. The van der Waals surface area contributed by atoms with Crippen molar-refractivity contribution in [1.82, 2.24) is 4.98 Å². The fourth-order valence-electron chi connectivity index (χ4n) is 2.11. The Kier molecular flexibility index (Phi) is 3.32. The number of halogens is 1. The van der Waals surface area contributed by atoms with Gasteiger partial charge in [0.15, 0.2) is 6.10 Å². The van der Waals surface area contributed by atoms with Gasteiger partial charge in [0.2, 0.25) is 0 Å². The summed E-state index contributed by atoms with van der Waals surface area (Å²) in [5, 5.41) is 3.40. The van der Waals surface area contributed by atoms with Crippen molar-refractivity contribution >= 4 is 23.3 Å².